The summed E-state index contributed by atoms with van der Waals surface area (Å²) in [4.78, 5) is 27.3. The van der Waals surface area contributed by atoms with Gasteiger partial charge in [0.05, 0.1) is 0 Å². The molecule has 21 heavy (non-hydrogen) atoms. The minimum atomic E-state index is -0.758. The molecule has 5 nitrogen and oxygen atoms in total. The van der Waals surface area contributed by atoms with Gasteiger partial charge in [0.2, 0.25) is 0 Å². The quantitative estimate of drug-likeness (QED) is 0.852. The summed E-state index contributed by atoms with van der Waals surface area (Å²) in [5.74, 6) is -0.644. The Bertz CT molecular complexity index is 395. The van der Waals surface area contributed by atoms with Crippen LogP contribution in [0.2, 0.25) is 0 Å². The number of hydrogen-bond donors (Lipinski definition) is 1. The van der Waals surface area contributed by atoms with E-state index in [1.165, 1.54) is 6.42 Å². The first-order valence-electron chi connectivity index (χ1n) is 8.13. The topological polar surface area (TPSA) is 60.9 Å². The fourth-order valence-electron chi connectivity index (χ4n) is 3.47. The molecule has 2 aliphatic heterocycles. The SMILES string of the molecule is CC1(C)CCCN(C(=O)N2CCCC(CC(=O)O)C2)CC1. The van der Waals surface area contributed by atoms with Gasteiger partial charge in [-0.1, -0.05) is 13.8 Å². The van der Waals surface area contributed by atoms with E-state index in [2.05, 4.69) is 13.8 Å². The smallest absolute Gasteiger partial charge is 0.320 e. The molecular formula is C16H28N2O3. The molecule has 2 rings (SSSR count). The summed E-state index contributed by atoms with van der Waals surface area (Å²) in [6.07, 6.45) is 5.29. The second kappa shape index (κ2) is 6.67. The van der Waals surface area contributed by atoms with Crippen LogP contribution < -0.4 is 0 Å². The Morgan fingerprint density at radius 1 is 1.10 bits per heavy atom. The number of carboxylic acid groups (broad SMARTS) is 1. The van der Waals surface area contributed by atoms with Crippen LogP contribution in [0.4, 0.5) is 4.79 Å². The molecule has 0 radical (unpaired) electrons. The highest BCUT2D eigenvalue weighted by molar-refractivity contribution is 5.75. The van der Waals surface area contributed by atoms with Crippen molar-refractivity contribution in [2.45, 2.75) is 52.4 Å². The first-order chi connectivity index (χ1) is 9.87. The van der Waals surface area contributed by atoms with Crippen LogP contribution in [0.3, 0.4) is 0 Å². The number of carbonyl (C=O) groups is 2. The monoisotopic (exact) mass is 296 g/mol. The zero-order chi connectivity index (χ0) is 15.5. The van der Waals surface area contributed by atoms with Gasteiger partial charge in [-0.05, 0) is 43.4 Å². The van der Waals surface area contributed by atoms with Crippen molar-refractivity contribution in [1.29, 1.82) is 0 Å². The number of hydrogen-bond acceptors (Lipinski definition) is 2. The number of rotatable bonds is 2. The number of amides is 2. The fraction of sp³-hybridized carbons (Fsp3) is 0.875. The zero-order valence-corrected chi connectivity index (χ0v) is 13.3. The van der Waals surface area contributed by atoms with Gasteiger partial charge in [-0.15, -0.1) is 0 Å². The Labute approximate surface area is 127 Å². The largest absolute Gasteiger partial charge is 0.481 e. The average molecular weight is 296 g/mol. The first-order valence-corrected chi connectivity index (χ1v) is 8.13. The number of likely N-dealkylation sites (tertiary alicyclic amines) is 2. The van der Waals surface area contributed by atoms with Crippen molar-refractivity contribution in [3.63, 3.8) is 0 Å². The molecular weight excluding hydrogens is 268 g/mol. The standard InChI is InChI=1S/C16H28N2O3/c1-16(2)6-4-9-17(10-7-16)15(21)18-8-3-5-13(12-18)11-14(19)20/h13H,3-12H2,1-2H3,(H,19,20). The Hall–Kier alpha value is -1.26. The highest BCUT2D eigenvalue weighted by Crippen LogP contribution is 2.30. The number of carboxylic acids is 1. The number of nitrogens with zero attached hydrogens (tertiary/aromatic N) is 2. The van der Waals surface area contributed by atoms with Gasteiger partial charge in [0.15, 0.2) is 0 Å². The van der Waals surface area contributed by atoms with Crippen LogP contribution >= 0.6 is 0 Å². The van der Waals surface area contributed by atoms with E-state index in [-0.39, 0.29) is 18.4 Å². The number of urea groups is 1. The molecule has 1 N–H and O–H groups in total. The maximum absolute atomic E-state index is 12.7. The normalized spacial score (nSPS) is 26.3. The maximum atomic E-state index is 12.7. The van der Waals surface area contributed by atoms with Crippen LogP contribution in [0.25, 0.3) is 0 Å². The molecule has 0 aromatic carbocycles. The van der Waals surface area contributed by atoms with Gasteiger partial charge in [-0.3, -0.25) is 4.79 Å². The number of aliphatic carboxylic acids is 1. The second-order valence-corrected chi connectivity index (χ2v) is 7.34. The molecule has 0 spiro atoms. The Kier molecular flexibility index (Phi) is 5.12. The zero-order valence-electron chi connectivity index (χ0n) is 13.3. The van der Waals surface area contributed by atoms with E-state index < -0.39 is 5.97 Å². The molecule has 2 amide bonds. The fourth-order valence-corrected chi connectivity index (χ4v) is 3.47. The molecule has 0 bridgehead atoms. The van der Waals surface area contributed by atoms with Gasteiger partial charge in [-0.2, -0.15) is 0 Å². The summed E-state index contributed by atoms with van der Waals surface area (Å²) in [5, 5.41) is 8.92. The van der Waals surface area contributed by atoms with E-state index >= 15 is 0 Å². The predicted octanol–water partition coefficient (Wildman–Crippen LogP) is 2.81. The lowest BCUT2D eigenvalue weighted by Gasteiger charge is -2.36. The number of carbonyl (C=O) groups excluding carboxylic acids is 1. The summed E-state index contributed by atoms with van der Waals surface area (Å²) in [7, 11) is 0. The highest BCUT2D eigenvalue weighted by atomic mass is 16.4. The predicted molar refractivity (Wildman–Crippen MR) is 81.2 cm³/mol. The van der Waals surface area contributed by atoms with Crippen LogP contribution in [0, 0.1) is 11.3 Å². The van der Waals surface area contributed by atoms with Gasteiger partial charge >= 0.3 is 12.0 Å². The summed E-state index contributed by atoms with van der Waals surface area (Å²) in [6, 6.07) is 0.114. The lowest BCUT2D eigenvalue weighted by atomic mass is 9.85. The first kappa shape index (κ1) is 16.1. The van der Waals surface area contributed by atoms with Crippen molar-refractivity contribution in [1.82, 2.24) is 9.80 Å². The molecule has 0 aromatic heterocycles. The summed E-state index contributed by atoms with van der Waals surface area (Å²) in [5.41, 5.74) is 0.322. The molecule has 2 fully saturated rings. The van der Waals surface area contributed by atoms with Crippen molar-refractivity contribution in [3.8, 4) is 0 Å². The molecule has 120 valence electrons. The second-order valence-electron chi connectivity index (χ2n) is 7.34. The Morgan fingerprint density at radius 3 is 2.52 bits per heavy atom. The Balaban J connectivity index is 1.91. The van der Waals surface area contributed by atoms with E-state index in [0.29, 0.717) is 12.0 Å². The summed E-state index contributed by atoms with van der Waals surface area (Å²) >= 11 is 0. The van der Waals surface area contributed by atoms with Gasteiger partial charge in [0, 0.05) is 32.6 Å². The van der Waals surface area contributed by atoms with Crippen molar-refractivity contribution >= 4 is 12.0 Å². The van der Waals surface area contributed by atoms with E-state index in [1.807, 2.05) is 9.80 Å². The molecule has 2 saturated heterocycles. The average Bonchev–Trinajstić information content (AvgIpc) is 2.58. The van der Waals surface area contributed by atoms with Crippen LogP contribution in [0.1, 0.15) is 52.4 Å². The molecule has 1 atom stereocenters. The molecule has 0 saturated carbocycles. The molecule has 0 aliphatic carbocycles. The van der Waals surface area contributed by atoms with Crippen LogP contribution in [-0.4, -0.2) is 53.1 Å². The van der Waals surface area contributed by atoms with Gasteiger partial charge in [0.1, 0.15) is 0 Å². The minimum absolute atomic E-state index is 0.114. The molecule has 0 aromatic rings. The van der Waals surface area contributed by atoms with Crippen molar-refractivity contribution in [2.24, 2.45) is 11.3 Å². The molecule has 2 heterocycles. The van der Waals surface area contributed by atoms with Gasteiger partial charge < -0.3 is 14.9 Å². The third-order valence-corrected chi connectivity index (χ3v) is 4.86. The third-order valence-electron chi connectivity index (χ3n) is 4.86. The Morgan fingerprint density at radius 2 is 1.81 bits per heavy atom. The lowest BCUT2D eigenvalue weighted by Crippen LogP contribution is -2.48. The van der Waals surface area contributed by atoms with Crippen molar-refractivity contribution < 1.29 is 14.7 Å². The van der Waals surface area contributed by atoms with Crippen LogP contribution in [0.5, 0.6) is 0 Å². The number of piperidine rings is 1. The van der Waals surface area contributed by atoms with Gasteiger partial charge in [-0.25, -0.2) is 4.79 Å². The van der Waals surface area contributed by atoms with Crippen LogP contribution in [-0.2, 0) is 4.79 Å². The molecule has 5 heteroatoms. The van der Waals surface area contributed by atoms with E-state index in [0.717, 1.165) is 45.3 Å². The molecule has 2 aliphatic rings. The summed E-state index contributed by atoms with van der Waals surface area (Å²) < 4.78 is 0. The summed E-state index contributed by atoms with van der Waals surface area (Å²) in [6.45, 7) is 7.57. The van der Waals surface area contributed by atoms with Gasteiger partial charge in [0.25, 0.3) is 0 Å². The highest BCUT2D eigenvalue weighted by Gasteiger charge is 2.30. The van der Waals surface area contributed by atoms with E-state index in [4.69, 9.17) is 5.11 Å². The maximum Gasteiger partial charge on any atom is 0.320 e. The lowest BCUT2D eigenvalue weighted by molar-refractivity contribution is -0.138. The van der Waals surface area contributed by atoms with Crippen molar-refractivity contribution in [2.75, 3.05) is 26.2 Å². The minimum Gasteiger partial charge on any atom is -0.481 e. The van der Waals surface area contributed by atoms with Crippen LogP contribution in [0.15, 0.2) is 0 Å². The van der Waals surface area contributed by atoms with E-state index in [9.17, 15) is 9.59 Å². The third kappa shape index (κ3) is 4.61. The molecule has 1 unspecified atom stereocenters. The van der Waals surface area contributed by atoms with E-state index in [1.54, 1.807) is 0 Å². The van der Waals surface area contributed by atoms with Crippen molar-refractivity contribution in [3.05, 3.63) is 0 Å².